The molecule has 0 saturated carbocycles. The summed E-state index contributed by atoms with van der Waals surface area (Å²) in [4.78, 5) is 6.67. The zero-order valence-corrected chi connectivity index (χ0v) is 11.9. The van der Waals surface area contributed by atoms with E-state index in [2.05, 4.69) is 41.8 Å². The van der Waals surface area contributed by atoms with Crippen LogP contribution in [0.5, 0.6) is 0 Å². The molecule has 1 N–H and O–H groups in total. The predicted octanol–water partition coefficient (Wildman–Crippen LogP) is 2.06. The molecule has 0 amide bonds. The first-order valence-corrected chi connectivity index (χ1v) is 6.87. The minimum Gasteiger partial charge on any atom is -0.396 e. The number of aliphatic hydroxyl groups is 1. The van der Waals surface area contributed by atoms with Crippen LogP contribution < -0.4 is 4.90 Å². The van der Waals surface area contributed by atoms with Crippen LogP contribution >= 0.6 is 0 Å². The van der Waals surface area contributed by atoms with E-state index in [0.717, 1.165) is 36.5 Å². The van der Waals surface area contributed by atoms with Gasteiger partial charge in [0.2, 0.25) is 0 Å². The van der Waals surface area contributed by atoms with Crippen molar-refractivity contribution in [2.75, 3.05) is 24.6 Å². The molecule has 0 bridgehead atoms. The van der Waals surface area contributed by atoms with Crippen LogP contribution in [0, 0.1) is 0 Å². The number of hydrogen-bond donors (Lipinski definition) is 1. The van der Waals surface area contributed by atoms with Crippen molar-refractivity contribution in [1.29, 1.82) is 0 Å². The van der Waals surface area contributed by atoms with Crippen LogP contribution in [0.1, 0.15) is 38.8 Å². The molecule has 2 aromatic rings. The largest absolute Gasteiger partial charge is 0.396 e. The standard InChI is InChI=1S/C14H22N4O/c1-4-17(7-5-9-19)14-13-10-12(11(2)3)16-18(13)8-6-15-14/h6,8,10-11,19H,4-5,7,9H2,1-3H3. The molecule has 0 unspecified atom stereocenters. The molecule has 2 aromatic heterocycles. The molecule has 104 valence electrons. The highest BCUT2D eigenvalue weighted by molar-refractivity contribution is 5.69. The molecule has 0 atom stereocenters. The first kappa shape index (κ1) is 13.8. The third kappa shape index (κ3) is 2.87. The summed E-state index contributed by atoms with van der Waals surface area (Å²) < 4.78 is 1.89. The maximum atomic E-state index is 8.98. The lowest BCUT2D eigenvalue weighted by Crippen LogP contribution is -2.26. The molecule has 2 heterocycles. The summed E-state index contributed by atoms with van der Waals surface area (Å²) in [6.45, 7) is 8.26. The van der Waals surface area contributed by atoms with E-state index in [0.29, 0.717) is 5.92 Å². The molecular formula is C14H22N4O. The third-order valence-electron chi connectivity index (χ3n) is 3.25. The number of nitrogens with zero attached hydrogens (tertiary/aromatic N) is 4. The smallest absolute Gasteiger partial charge is 0.154 e. The van der Waals surface area contributed by atoms with Crippen LogP contribution in [0.25, 0.3) is 5.52 Å². The summed E-state index contributed by atoms with van der Waals surface area (Å²) in [7, 11) is 0. The van der Waals surface area contributed by atoms with Gasteiger partial charge < -0.3 is 10.0 Å². The van der Waals surface area contributed by atoms with Crippen LogP contribution in [0.3, 0.4) is 0 Å². The van der Waals surface area contributed by atoms with Crippen LogP contribution in [-0.2, 0) is 0 Å². The highest BCUT2D eigenvalue weighted by atomic mass is 16.3. The zero-order valence-electron chi connectivity index (χ0n) is 11.9. The van der Waals surface area contributed by atoms with Gasteiger partial charge in [0.25, 0.3) is 0 Å². The number of fused-ring (bicyclic) bond motifs is 1. The van der Waals surface area contributed by atoms with E-state index in [1.807, 2.05) is 10.7 Å². The number of anilines is 1. The van der Waals surface area contributed by atoms with Crippen molar-refractivity contribution in [2.24, 2.45) is 0 Å². The van der Waals surface area contributed by atoms with Gasteiger partial charge in [0, 0.05) is 32.1 Å². The van der Waals surface area contributed by atoms with E-state index < -0.39 is 0 Å². The van der Waals surface area contributed by atoms with Gasteiger partial charge in [-0.1, -0.05) is 13.8 Å². The fourth-order valence-electron chi connectivity index (χ4n) is 2.13. The van der Waals surface area contributed by atoms with Gasteiger partial charge in [-0.2, -0.15) is 5.10 Å². The Morgan fingerprint density at radius 1 is 1.42 bits per heavy atom. The van der Waals surface area contributed by atoms with Gasteiger partial charge in [0.15, 0.2) is 5.82 Å². The van der Waals surface area contributed by atoms with Gasteiger partial charge in [0.05, 0.1) is 5.69 Å². The average molecular weight is 262 g/mol. The summed E-state index contributed by atoms with van der Waals surface area (Å²) in [6, 6.07) is 2.11. The number of aliphatic hydroxyl groups excluding tert-OH is 1. The average Bonchev–Trinajstić information content (AvgIpc) is 2.84. The molecule has 0 radical (unpaired) electrons. The molecule has 0 aliphatic heterocycles. The van der Waals surface area contributed by atoms with Crippen molar-refractivity contribution < 1.29 is 5.11 Å². The summed E-state index contributed by atoms with van der Waals surface area (Å²) in [5.41, 5.74) is 2.11. The van der Waals surface area contributed by atoms with Gasteiger partial charge in [-0.05, 0) is 25.3 Å². The molecule has 0 aliphatic carbocycles. The normalized spacial score (nSPS) is 11.4. The monoisotopic (exact) mass is 262 g/mol. The zero-order chi connectivity index (χ0) is 13.8. The van der Waals surface area contributed by atoms with E-state index >= 15 is 0 Å². The molecule has 5 nitrogen and oxygen atoms in total. The fraction of sp³-hybridized carbons (Fsp3) is 0.571. The van der Waals surface area contributed by atoms with Gasteiger partial charge in [-0.3, -0.25) is 0 Å². The van der Waals surface area contributed by atoms with Crippen molar-refractivity contribution in [3.8, 4) is 0 Å². The van der Waals surface area contributed by atoms with Gasteiger partial charge >= 0.3 is 0 Å². The quantitative estimate of drug-likeness (QED) is 0.866. The maximum absolute atomic E-state index is 8.98. The van der Waals surface area contributed by atoms with Gasteiger partial charge in [-0.15, -0.1) is 0 Å². The topological polar surface area (TPSA) is 53.7 Å². The Kier molecular flexibility index (Phi) is 4.37. The molecule has 19 heavy (non-hydrogen) atoms. The second-order valence-electron chi connectivity index (χ2n) is 4.96. The molecule has 0 fully saturated rings. The maximum Gasteiger partial charge on any atom is 0.154 e. The first-order chi connectivity index (χ1) is 9.17. The highest BCUT2D eigenvalue weighted by Gasteiger charge is 2.13. The Bertz CT molecular complexity index is 535. The molecular weight excluding hydrogens is 240 g/mol. The summed E-state index contributed by atoms with van der Waals surface area (Å²) >= 11 is 0. The minimum atomic E-state index is 0.204. The molecule has 2 rings (SSSR count). The van der Waals surface area contributed by atoms with Crippen molar-refractivity contribution in [3.05, 3.63) is 24.2 Å². The van der Waals surface area contributed by atoms with Gasteiger partial charge in [0.1, 0.15) is 5.52 Å². The Hall–Kier alpha value is -1.62. The van der Waals surface area contributed by atoms with E-state index in [9.17, 15) is 0 Å². The lowest BCUT2D eigenvalue weighted by Gasteiger charge is -2.21. The molecule has 5 heteroatoms. The number of rotatable bonds is 6. The lowest BCUT2D eigenvalue weighted by atomic mass is 10.1. The third-order valence-corrected chi connectivity index (χ3v) is 3.25. The van der Waals surface area contributed by atoms with Crippen molar-refractivity contribution >= 4 is 11.3 Å². The molecule has 0 saturated heterocycles. The molecule has 0 spiro atoms. The minimum absolute atomic E-state index is 0.204. The van der Waals surface area contributed by atoms with E-state index in [1.54, 1.807) is 6.20 Å². The second-order valence-corrected chi connectivity index (χ2v) is 4.96. The van der Waals surface area contributed by atoms with E-state index in [-0.39, 0.29) is 6.61 Å². The Morgan fingerprint density at radius 2 is 2.21 bits per heavy atom. The Balaban J connectivity index is 2.41. The summed E-state index contributed by atoms with van der Waals surface area (Å²) in [5.74, 6) is 1.35. The van der Waals surface area contributed by atoms with Crippen LogP contribution in [0.2, 0.25) is 0 Å². The Morgan fingerprint density at radius 3 is 2.84 bits per heavy atom. The van der Waals surface area contributed by atoms with Crippen LogP contribution in [0.4, 0.5) is 5.82 Å². The predicted molar refractivity (Wildman–Crippen MR) is 76.7 cm³/mol. The number of aromatic nitrogens is 3. The van der Waals surface area contributed by atoms with Crippen LogP contribution in [0.15, 0.2) is 18.5 Å². The van der Waals surface area contributed by atoms with E-state index in [4.69, 9.17) is 5.11 Å². The van der Waals surface area contributed by atoms with Gasteiger partial charge in [-0.25, -0.2) is 9.50 Å². The highest BCUT2D eigenvalue weighted by Crippen LogP contribution is 2.22. The lowest BCUT2D eigenvalue weighted by molar-refractivity contribution is 0.289. The van der Waals surface area contributed by atoms with Crippen molar-refractivity contribution in [3.63, 3.8) is 0 Å². The van der Waals surface area contributed by atoms with Crippen LogP contribution in [-0.4, -0.2) is 39.4 Å². The summed E-state index contributed by atoms with van der Waals surface area (Å²) in [6.07, 6.45) is 4.41. The Labute approximate surface area is 113 Å². The summed E-state index contributed by atoms with van der Waals surface area (Å²) in [5, 5.41) is 13.6. The molecule has 0 aliphatic rings. The SMILES string of the molecule is CCN(CCCO)c1nccn2nc(C(C)C)cc12. The van der Waals surface area contributed by atoms with Crippen molar-refractivity contribution in [1.82, 2.24) is 14.6 Å². The first-order valence-electron chi connectivity index (χ1n) is 6.87. The van der Waals surface area contributed by atoms with E-state index in [1.165, 1.54) is 0 Å². The second kappa shape index (κ2) is 6.02. The molecule has 0 aromatic carbocycles. The van der Waals surface area contributed by atoms with Crippen molar-refractivity contribution in [2.45, 2.75) is 33.1 Å². The fourth-order valence-corrected chi connectivity index (χ4v) is 2.13. The number of hydrogen-bond acceptors (Lipinski definition) is 4.